The number of urea groups is 1. The van der Waals surface area contributed by atoms with Crippen molar-refractivity contribution in [2.24, 2.45) is 0 Å². The van der Waals surface area contributed by atoms with E-state index in [4.69, 9.17) is 10.00 Å². The first-order chi connectivity index (χ1) is 13.0. The van der Waals surface area contributed by atoms with Gasteiger partial charge in [0.2, 0.25) is 0 Å². The van der Waals surface area contributed by atoms with E-state index in [0.29, 0.717) is 17.0 Å². The van der Waals surface area contributed by atoms with Crippen molar-refractivity contribution in [2.45, 2.75) is 0 Å². The zero-order chi connectivity index (χ0) is 19.4. The lowest BCUT2D eigenvalue weighted by Gasteiger charge is -2.26. The zero-order valence-corrected chi connectivity index (χ0v) is 15.4. The van der Waals surface area contributed by atoms with Gasteiger partial charge in [0.25, 0.3) is 11.8 Å². The van der Waals surface area contributed by atoms with Crippen molar-refractivity contribution in [2.75, 3.05) is 11.5 Å². The van der Waals surface area contributed by atoms with Gasteiger partial charge in [-0.05, 0) is 48.0 Å². The second-order valence-corrected chi connectivity index (χ2v) is 6.37. The van der Waals surface area contributed by atoms with Crippen molar-refractivity contribution >= 4 is 45.5 Å². The predicted molar refractivity (Wildman–Crippen MR) is 101 cm³/mol. The van der Waals surface area contributed by atoms with Crippen molar-refractivity contribution in [3.63, 3.8) is 0 Å². The molecule has 1 saturated heterocycles. The monoisotopic (exact) mass is 425 g/mol. The van der Waals surface area contributed by atoms with Gasteiger partial charge in [0.15, 0.2) is 6.61 Å². The lowest BCUT2D eigenvalue weighted by molar-refractivity contribution is -0.122. The molecular weight excluding hydrogens is 414 g/mol. The van der Waals surface area contributed by atoms with Crippen molar-refractivity contribution in [1.29, 1.82) is 5.26 Å². The van der Waals surface area contributed by atoms with Crippen molar-refractivity contribution in [3.05, 3.63) is 64.1 Å². The summed E-state index contributed by atoms with van der Waals surface area (Å²) in [6, 6.07) is 14.1. The Labute approximate surface area is 163 Å². The van der Waals surface area contributed by atoms with Gasteiger partial charge in [-0.2, -0.15) is 5.26 Å². The number of hydrogen-bond acceptors (Lipinski definition) is 5. The van der Waals surface area contributed by atoms with Crippen molar-refractivity contribution in [1.82, 2.24) is 5.32 Å². The average molecular weight is 426 g/mol. The van der Waals surface area contributed by atoms with Crippen molar-refractivity contribution < 1.29 is 19.1 Å². The third-order valence-corrected chi connectivity index (χ3v) is 4.21. The number of amides is 4. The number of nitrogens with one attached hydrogen (secondary N) is 1. The van der Waals surface area contributed by atoms with Crippen LogP contribution >= 0.6 is 15.9 Å². The molecule has 1 N–H and O–H groups in total. The number of rotatable bonds is 4. The number of nitriles is 1. The van der Waals surface area contributed by atoms with Crippen LogP contribution in [0.5, 0.6) is 5.75 Å². The molecule has 0 atom stereocenters. The molecule has 0 radical (unpaired) electrons. The van der Waals surface area contributed by atoms with Crippen LogP contribution < -0.4 is 15.0 Å². The van der Waals surface area contributed by atoms with Crippen LogP contribution in [0.15, 0.2) is 58.6 Å². The van der Waals surface area contributed by atoms with Crippen LogP contribution in [0.25, 0.3) is 6.08 Å². The van der Waals surface area contributed by atoms with Gasteiger partial charge in [0.05, 0.1) is 5.69 Å². The minimum Gasteiger partial charge on any atom is -0.479 e. The number of barbiturate groups is 1. The second kappa shape index (κ2) is 7.85. The van der Waals surface area contributed by atoms with E-state index in [1.54, 1.807) is 48.5 Å². The third-order valence-electron chi connectivity index (χ3n) is 3.68. The maximum atomic E-state index is 12.7. The highest BCUT2D eigenvalue weighted by molar-refractivity contribution is 9.10. The number of carbonyl (C=O) groups is 3. The highest BCUT2D eigenvalue weighted by atomic mass is 79.9. The van der Waals surface area contributed by atoms with E-state index in [0.717, 1.165) is 9.37 Å². The third kappa shape index (κ3) is 4.04. The maximum Gasteiger partial charge on any atom is 0.335 e. The molecule has 27 heavy (non-hydrogen) atoms. The molecule has 0 spiro atoms. The van der Waals surface area contributed by atoms with Crippen LogP contribution in [0.3, 0.4) is 0 Å². The van der Waals surface area contributed by atoms with E-state index in [2.05, 4.69) is 21.2 Å². The number of ether oxygens (including phenoxy) is 1. The number of imide groups is 2. The predicted octanol–water partition coefficient (Wildman–Crippen LogP) is 3.02. The maximum absolute atomic E-state index is 12.7. The molecule has 2 aromatic rings. The quantitative estimate of drug-likeness (QED) is 0.599. The molecule has 1 fully saturated rings. The topological polar surface area (TPSA) is 99.5 Å². The first kappa shape index (κ1) is 18.4. The molecule has 7 nitrogen and oxygen atoms in total. The molecule has 0 aliphatic carbocycles. The van der Waals surface area contributed by atoms with Crippen LogP contribution in [0.2, 0.25) is 0 Å². The Hall–Kier alpha value is -3.44. The van der Waals surface area contributed by atoms with E-state index in [1.807, 2.05) is 6.07 Å². The fourth-order valence-electron chi connectivity index (χ4n) is 2.42. The van der Waals surface area contributed by atoms with Gasteiger partial charge in [0, 0.05) is 4.47 Å². The van der Waals surface area contributed by atoms with Crippen LogP contribution in [0.4, 0.5) is 10.5 Å². The second-order valence-electron chi connectivity index (χ2n) is 5.45. The van der Waals surface area contributed by atoms with Crippen molar-refractivity contribution in [3.8, 4) is 11.8 Å². The molecule has 1 aliphatic heterocycles. The highest BCUT2D eigenvalue weighted by Gasteiger charge is 2.36. The van der Waals surface area contributed by atoms with Gasteiger partial charge >= 0.3 is 6.03 Å². The largest absolute Gasteiger partial charge is 0.479 e. The number of hydrogen-bond donors (Lipinski definition) is 1. The van der Waals surface area contributed by atoms with Gasteiger partial charge < -0.3 is 4.74 Å². The Kier molecular flexibility index (Phi) is 5.33. The summed E-state index contributed by atoms with van der Waals surface area (Å²) in [4.78, 5) is 37.9. The normalized spacial score (nSPS) is 15.5. The molecule has 3 rings (SSSR count). The Bertz CT molecular complexity index is 976. The summed E-state index contributed by atoms with van der Waals surface area (Å²) in [5.74, 6) is -0.983. The highest BCUT2D eigenvalue weighted by Crippen LogP contribution is 2.24. The number of anilines is 1. The van der Waals surface area contributed by atoms with Crippen LogP contribution in [-0.2, 0) is 9.59 Å². The molecule has 2 aromatic carbocycles. The summed E-state index contributed by atoms with van der Waals surface area (Å²) in [6.45, 7) is -0.0778. The minimum atomic E-state index is -0.801. The first-order valence-electron chi connectivity index (χ1n) is 7.76. The molecule has 0 bridgehead atoms. The standard InChI is InChI=1S/C19H12BrN3O4/c20-13-3-5-14(6-4-13)23-18(25)16(17(24)22-19(23)26)11-12-1-7-15(8-2-12)27-10-9-21/h1-8,11H,10H2,(H,22,24,26)/b16-11+. The zero-order valence-electron chi connectivity index (χ0n) is 13.8. The van der Waals surface area contributed by atoms with Crippen LogP contribution in [0, 0.1) is 11.3 Å². The lowest BCUT2D eigenvalue weighted by Crippen LogP contribution is -2.54. The fourth-order valence-corrected chi connectivity index (χ4v) is 2.69. The average Bonchev–Trinajstić information content (AvgIpc) is 2.66. The minimum absolute atomic E-state index is 0.0778. The van der Waals surface area contributed by atoms with Gasteiger partial charge in [-0.3, -0.25) is 14.9 Å². The smallest absolute Gasteiger partial charge is 0.335 e. The summed E-state index contributed by atoms with van der Waals surface area (Å²) < 4.78 is 5.95. The molecule has 1 aliphatic rings. The van der Waals surface area contributed by atoms with Gasteiger partial charge in [0.1, 0.15) is 17.4 Å². The van der Waals surface area contributed by atoms with Crippen LogP contribution in [0.1, 0.15) is 5.56 Å². The molecule has 4 amide bonds. The number of benzene rings is 2. The Morgan fingerprint density at radius 1 is 1.07 bits per heavy atom. The van der Waals surface area contributed by atoms with E-state index in [1.165, 1.54) is 6.08 Å². The van der Waals surface area contributed by atoms with E-state index in [-0.39, 0.29) is 12.2 Å². The summed E-state index contributed by atoms with van der Waals surface area (Å²) in [5, 5.41) is 10.7. The SMILES string of the molecule is N#CCOc1ccc(/C=C2\C(=O)NC(=O)N(c3ccc(Br)cc3)C2=O)cc1. The Balaban J connectivity index is 1.89. The molecule has 0 aromatic heterocycles. The molecule has 1 heterocycles. The summed E-state index contributed by atoms with van der Waals surface area (Å²) in [5.41, 5.74) is 0.755. The first-order valence-corrected chi connectivity index (χ1v) is 8.56. The summed E-state index contributed by atoms with van der Waals surface area (Å²) >= 11 is 3.29. The summed E-state index contributed by atoms with van der Waals surface area (Å²) in [6.07, 6.45) is 1.39. The molecule has 8 heteroatoms. The van der Waals surface area contributed by atoms with Gasteiger partial charge in [-0.15, -0.1) is 0 Å². The number of carbonyl (C=O) groups excluding carboxylic acids is 3. The van der Waals surface area contributed by atoms with E-state index < -0.39 is 17.8 Å². The van der Waals surface area contributed by atoms with E-state index in [9.17, 15) is 14.4 Å². The Morgan fingerprint density at radius 2 is 1.74 bits per heavy atom. The molecule has 134 valence electrons. The number of nitrogens with zero attached hydrogens (tertiary/aromatic N) is 2. The van der Waals surface area contributed by atoms with E-state index >= 15 is 0 Å². The summed E-state index contributed by atoms with van der Waals surface area (Å²) in [7, 11) is 0. The lowest BCUT2D eigenvalue weighted by atomic mass is 10.1. The van der Waals surface area contributed by atoms with Crippen LogP contribution in [-0.4, -0.2) is 24.5 Å². The molecular formula is C19H12BrN3O4. The Morgan fingerprint density at radius 3 is 2.37 bits per heavy atom. The van der Waals surface area contributed by atoms with Gasteiger partial charge in [-0.1, -0.05) is 28.1 Å². The fraction of sp³-hybridized carbons (Fsp3) is 0.0526. The molecule has 0 saturated carbocycles. The van der Waals surface area contributed by atoms with Gasteiger partial charge in [-0.25, -0.2) is 9.69 Å². The number of halogens is 1. The molecule has 0 unspecified atom stereocenters.